The van der Waals surface area contributed by atoms with Gasteiger partial charge >= 0.3 is 5.69 Å². The third-order valence-corrected chi connectivity index (χ3v) is 2.74. The summed E-state index contributed by atoms with van der Waals surface area (Å²) in [5, 5.41) is 2.60. The molecule has 0 aliphatic carbocycles. The monoisotopic (exact) mass is 232 g/mol. The van der Waals surface area contributed by atoms with Gasteiger partial charge in [0.25, 0.3) is 0 Å². The van der Waals surface area contributed by atoms with E-state index < -0.39 is 0 Å². The fourth-order valence-electron chi connectivity index (χ4n) is 2.08. The predicted octanol–water partition coefficient (Wildman–Crippen LogP) is -0.651. The fourth-order valence-corrected chi connectivity index (χ4v) is 2.08. The minimum absolute atomic E-state index is 0.0278. The molecule has 1 amide bonds. The van der Waals surface area contributed by atoms with Crippen molar-refractivity contribution in [3.63, 3.8) is 0 Å². The van der Waals surface area contributed by atoms with Crippen LogP contribution in [0, 0.1) is 0 Å². The second kappa shape index (κ2) is 3.27. The number of rotatable bonds is 2. The zero-order chi connectivity index (χ0) is 12.0. The van der Waals surface area contributed by atoms with Crippen molar-refractivity contribution in [2.45, 2.75) is 13.1 Å². The SMILES string of the molecule is O=CCn1c(=O)n2c3c(nccc31)NC(=O)C2. The minimum Gasteiger partial charge on any atom is -0.307 e. The molecular weight excluding hydrogens is 224 g/mol. The molecule has 3 heterocycles. The third-order valence-electron chi connectivity index (χ3n) is 2.74. The molecule has 3 rings (SSSR count). The summed E-state index contributed by atoms with van der Waals surface area (Å²) in [5.41, 5.74) is 0.808. The normalized spacial score (nSPS) is 13.8. The van der Waals surface area contributed by atoms with E-state index in [1.807, 2.05) is 0 Å². The average molecular weight is 232 g/mol. The Morgan fingerprint density at radius 3 is 3.06 bits per heavy atom. The van der Waals surface area contributed by atoms with Gasteiger partial charge in [-0.15, -0.1) is 0 Å². The van der Waals surface area contributed by atoms with Gasteiger partial charge in [0.1, 0.15) is 18.3 Å². The number of anilines is 1. The maximum atomic E-state index is 12.0. The largest absolute Gasteiger partial charge is 0.330 e. The molecule has 1 aliphatic heterocycles. The molecule has 0 radical (unpaired) electrons. The molecule has 7 nitrogen and oxygen atoms in total. The first-order valence-electron chi connectivity index (χ1n) is 5.04. The average Bonchev–Trinajstić information content (AvgIpc) is 2.57. The van der Waals surface area contributed by atoms with Crippen LogP contribution in [0.25, 0.3) is 11.0 Å². The Morgan fingerprint density at radius 1 is 1.47 bits per heavy atom. The number of nitrogens with zero attached hydrogens (tertiary/aromatic N) is 3. The number of aromatic nitrogens is 3. The van der Waals surface area contributed by atoms with Gasteiger partial charge < -0.3 is 10.1 Å². The summed E-state index contributed by atoms with van der Waals surface area (Å²) < 4.78 is 2.66. The lowest BCUT2D eigenvalue weighted by Crippen LogP contribution is -2.32. The predicted molar refractivity (Wildman–Crippen MR) is 58.7 cm³/mol. The van der Waals surface area contributed by atoms with Gasteiger partial charge in [0.05, 0.1) is 12.1 Å². The van der Waals surface area contributed by atoms with Crippen LogP contribution in [-0.4, -0.2) is 26.3 Å². The van der Waals surface area contributed by atoms with Crippen molar-refractivity contribution < 1.29 is 9.59 Å². The van der Waals surface area contributed by atoms with Crippen molar-refractivity contribution in [1.29, 1.82) is 0 Å². The van der Waals surface area contributed by atoms with E-state index in [1.54, 1.807) is 6.07 Å². The molecule has 0 spiro atoms. The van der Waals surface area contributed by atoms with Crippen LogP contribution < -0.4 is 11.0 Å². The van der Waals surface area contributed by atoms with Crippen molar-refractivity contribution in [3.05, 3.63) is 22.7 Å². The minimum atomic E-state index is -0.365. The van der Waals surface area contributed by atoms with E-state index in [-0.39, 0.29) is 24.7 Å². The van der Waals surface area contributed by atoms with E-state index in [1.165, 1.54) is 15.3 Å². The Kier molecular flexibility index (Phi) is 1.88. The van der Waals surface area contributed by atoms with Crippen LogP contribution >= 0.6 is 0 Å². The van der Waals surface area contributed by atoms with Gasteiger partial charge in [-0.2, -0.15) is 0 Å². The molecule has 0 fully saturated rings. The van der Waals surface area contributed by atoms with Gasteiger partial charge in [-0.25, -0.2) is 9.78 Å². The molecule has 1 aliphatic rings. The zero-order valence-corrected chi connectivity index (χ0v) is 8.71. The molecule has 2 aromatic heterocycles. The molecule has 17 heavy (non-hydrogen) atoms. The lowest BCUT2D eigenvalue weighted by atomic mass is 10.3. The molecular formula is C10H8N4O3. The second-order valence-electron chi connectivity index (χ2n) is 3.72. The van der Waals surface area contributed by atoms with Crippen molar-refractivity contribution in [1.82, 2.24) is 14.1 Å². The first-order chi connectivity index (χ1) is 8.22. The maximum absolute atomic E-state index is 12.0. The van der Waals surface area contributed by atoms with Crippen molar-refractivity contribution in [2.75, 3.05) is 5.32 Å². The number of imidazole rings is 1. The first kappa shape index (κ1) is 9.76. The van der Waals surface area contributed by atoms with Crippen molar-refractivity contribution in [3.8, 4) is 0 Å². The Balaban J connectivity index is 2.44. The van der Waals surface area contributed by atoms with Crippen molar-refractivity contribution >= 4 is 29.0 Å². The van der Waals surface area contributed by atoms with Gasteiger partial charge in [-0.1, -0.05) is 0 Å². The fraction of sp³-hybridized carbons (Fsp3) is 0.200. The summed E-state index contributed by atoms with van der Waals surface area (Å²) in [7, 11) is 0. The van der Waals surface area contributed by atoms with Gasteiger partial charge in [0, 0.05) is 6.20 Å². The summed E-state index contributed by atoms with van der Waals surface area (Å²) in [6.07, 6.45) is 2.15. The Hall–Kier alpha value is -2.44. The molecule has 0 atom stereocenters. The Labute approximate surface area is 94.7 Å². The van der Waals surface area contributed by atoms with E-state index >= 15 is 0 Å². The van der Waals surface area contributed by atoms with Crippen LogP contribution in [0.5, 0.6) is 0 Å². The highest BCUT2D eigenvalue weighted by Crippen LogP contribution is 2.22. The molecule has 0 saturated heterocycles. The molecule has 0 unspecified atom stereocenters. The summed E-state index contributed by atoms with van der Waals surface area (Å²) >= 11 is 0. The zero-order valence-electron chi connectivity index (χ0n) is 8.71. The molecule has 2 aromatic rings. The van der Waals surface area contributed by atoms with Crippen molar-refractivity contribution in [2.24, 2.45) is 0 Å². The van der Waals surface area contributed by atoms with Crippen LogP contribution in [0.4, 0.5) is 5.82 Å². The summed E-state index contributed by atoms with van der Waals surface area (Å²) in [6.45, 7) is -0.0696. The van der Waals surface area contributed by atoms with Gasteiger partial charge in [0.2, 0.25) is 5.91 Å². The Bertz CT molecular complexity index is 697. The third kappa shape index (κ3) is 1.22. The lowest BCUT2D eigenvalue weighted by Gasteiger charge is -2.12. The van der Waals surface area contributed by atoms with E-state index in [0.717, 1.165) is 0 Å². The molecule has 7 heteroatoms. The van der Waals surface area contributed by atoms with Gasteiger partial charge in [-0.3, -0.25) is 13.9 Å². The van der Waals surface area contributed by atoms with E-state index in [4.69, 9.17) is 0 Å². The topological polar surface area (TPSA) is 86.0 Å². The highest BCUT2D eigenvalue weighted by atomic mass is 16.2. The molecule has 0 saturated carbocycles. The van der Waals surface area contributed by atoms with Crippen LogP contribution in [0.15, 0.2) is 17.1 Å². The standard InChI is InChI=1S/C10H8N4O3/c15-4-3-13-6-1-2-11-9-8(6)14(10(13)17)5-7(16)12-9/h1-2,4H,3,5H2,(H,11,12,16). The van der Waals surface area contributed by atoms with Crippen LogP contribution in [-0.2, 0) is 22.7 Å². The quantitative estimate of drug-likeness (QED) is 0.697. The number of carbonyl (C=O) groups excluding carboxylic acids is 2. The van der Waals surface area contributed by atoms with Gasteiger partial charge in [-0.05, 0) is 6.07 Å². The Morgan fingerprint density at radius 2 is 2.29 bits per heavy atom. The summed E-state index contributed by atoms with van der Waals surface area (Å²) in [5.74, 6) is 0.0731. The molecule has 0 bridgehead atoms. The van der Waals surface area contributed by atoms with E-state index in [0.29, 0.717) is 23.1 Å². The summed E-state index contributed by atoms with van der Waals surface area (Å²) in [4.78, 5) is 38.0. The van der Waals surface area contributed by atoms with E-state index in [2.05, 4.69) is 10.3 Å². The highest BCUT2D eigenvalue weighted by molar-refractivity contribution is 6.01. The number of aldehydes is 1. The van der Waals surface area contributed by atoms with Crippen LogP contribution in [0.2, 0.25) is 0 Å². The number of carbonyl (C=O) groups is 2. The molecule has 86 valence electrons. The van der Waals surface area contributed by atoms with E-state index in [9.17, 15) is 14.4 Å². The maximum Gasteiger partial charge on any atom is 0.330 e. The number of hydrogen-bond acceptors (Lipinski definition) is 4. The lowest BCUT2D eigenvalue weighted by molar-refractivity contribution is -0.117. The summed E-state index contributed by atoms with van der Waals surface area (Å²) in [6, 6.07) is 1.65. The van der Waals surface area contributed by atoms with Gasteiger partial charge in [0.15, 0.2) is 5.82 Å². The number of hydrogen-bond donors (Lipinski definition) is 1. The molecule has 1 N–H and O–H groups in total. The number of pyridine rings is 1. The number of nitrogens with one attached hydrogen (secondary N) is 1. The molecule has 0 aromatic carbocycles. The second-order valence-corrected chi connectivity index (χ2v) is 3.72. The number of amides is 1. The van der Waals surface area contributed by atoms with Crippen LogP contribution in [0.3, 0.4) is 0 Å². The highest BCUT2D eigenvalue weighted by Gasteiger charge is 2.23. The smallest absolute Gasteiger partial charge is 0.307 e. The van der Waals surface area contributed by atoms with Crippen LogP contribution in [0.1, 0.15) is 0 Å². The first-order valence-corrected chi connectivity index (χ1v) is 5.04.